The van der Waals surface area contributed by atoms with Gasteiger partial charge in [0.25, 0.3) is 0 Å². The fourth-order valence-corrected chi connectivity index (χ4v) is 0.256. The van der Waals surface area contributed by atoms with Crippen LogP contribution in [0.1, 0.15) is 0 Å². The molecule has 0 aromatic heterocycles. The summed E-state index contributed by atoms with van der Waals surface area (Å²) in [5, 5.41) is 9.34. The molecule has 0 amide bonds. The zero-order valence-corrected chi connectivity index (χ0v) is 4.96. The number of hydrogen-bond donors (Lipinski definition) is 0. The van der Waals surface area contributed by atoms with Crippen molar-refractivity contribution in [1.82, 2.24) is 0 Å². The van der Waals surface area contributed by atoms with Gasteiger partial charge in [0.05, 0.1) is 0 Å². The van der Waals surface area contributed by atoms with Crippen molar-refractivity contribution >= 4 is 0 Å². The molecule has 0 bridgehead atoms. The zero-order valence-electron chi connectivity index (χ0n) is 4.96. The molecule has 0 spiro atoms. The van der Waals surface area contributed by atoms with Crippen molar-refractivity contribution in [2.45, 2.75) is 18.3 Å². The van der Waals surface area contributed by atoms with Gasteiger partial charge in [-0.25, -0.2) is 13.9 Å². The average Bonchev–Trinajstić information content (AvgIpc) is 1.87. The molecule has 11 heavy (non-hydrogen) atoms. The van der Waals surface area contributed by atoms with E-state index in [1.54, 1.807) is 0 Å². The van der Waals surface area contributed by atoms with Crippen LogP contribution in [0.15, 0.2) is 0 Å². The molecule has 0 aliphatic heterocycles. The molecule has 1 nitrogen and oxygen atoms in total. The van der Waals surface area contributed by atoms with Gasteiger partial charge in [0.2, 0.25) is 0 Å². The summed E-state index contributed by atoms with van der Waals surface area (Å²) < 4.78 is 68.8. The molecule has 0 unspecified atom stereocenters. The van der Waals surface area contributed by atoms with Gasteiger partial charge in [-0.3, -0.25) is 0 Å². The average molecular weight is 181 g/mol. The van der Waals surface area contributed by atoms with Crippen LogP contribution in [-0.4, -0.2) is 24.9 Å². The minimum atomic E-state index is -5.53. The van der Waals surface area contributed by atoms with Crippen molar-refractivity contribution in [3.05, 3.63) is 0 Å². The highest BCUT2D eigenvalue weighted by molar-refractivity contribution is 4.85. The van der Waals surface area contributed by atoms with Crippen LogP contribution in [0, 0.1) is 0 Å². The van der Waals surface area contributed by atoms with E-state index < -0.39 is 24.9 Å². The van der Waals surface area contributed by atoms with Crippen molar-refractivity contribution in [3.63, 3.8) is 0 Å². The monoisotopic (exact) mass is 181 g/mol. The van der Waals surface area contributed by atoms with Crippen molar-refractivity contribution in [2.24, 2.45) is 0 Å². The van der Waals surface area contributed by atoms with Gasteiger partial charge < -0.3 is 0 Å². The largest absolute Gasteiger partial charge is 0.371 e. The predicted octanol–water partition coefficient (Wildman–Crippen LogP) is 1.95. The smallest absolute Gasteiger partial charge is 0.230 e. The van der Waals surface area contributed by atoms with Gasteiger partial charge in [0.1, 0.15) is 0 Å². The van der Waals surface area contributed by atoms with Gasteiger partial charge in [-0.05, 0) is 0 Å². The number of halogens is 6. The summed E-state index contributed by atoms with van der Waals surface area (Å²) in [5.41, 5.74) is 0. The second kappa shape index (κ2) is 2.88. The Hall–Kier alpha value is -0.460. The van der Waals surface area contributed by atoms with E-state index in [0.717, 1.165) is 0 Å². The summed E-state index contributed by atoms with van der Waals surface area (Å²) in [6.07, 6.45) is -4.52. The lowest BCUT2D eigenvalue weighted by Crippen LogP contribution is -2.48. The molecular formula is C4H3F6O. The van der Waals surface area contributed by atoms with Crippen LogP contribution in [0.3, 0.4) is 0 Å². The Labute approximate surface area is 57.6 Å². The minimum absolute atomic E-state index is 2.55. The highest BCUT2D eigenvalue weighted by Crippen LogP contribution is 2.38. The van der Waals surface area contributed by atoms with Crippen LogP contribution < -0.4 is 0 Å². The van der Waals surface area contributed by atoms with Gasteiger partial charge in [-0.2, -0.15) is 17.6 Å². The Morgan fingerprint density at radius 1 is 1.09 bits per heavy atom. The molecule has 7 heteroatoms. The van der Waals surface area contributed by atoms with Crippen molar-refractivity contribution in [2.75, 3.05) is 6.61 Å². The molecule has 0 saturated heterocycles. The maximum atomic E-state index is 11.6. The first-order chi connectivity index (χ1) is 4.75. The van der Waals surface area contributed by atoms with Gasteiger partial charge in [0.15, 0.2) is 6.61 Å². The van der Waals surface area contributed by atoms with Crippen LogP contribution in [0.2, 0.25) is 0 Å². The Balaban J connectivity index is 4.53. The Bertz CT molecular complexity index is 133. The van der Waals surface area contributed by atoms with Gasteiger partial charge >= 0.3 is 18.3 Å². The number of rotatable bonds is 3. The third-order valence-corrected chi connectivity index (χ3v) is 0.943. The molecule has 0 fully saturated rings. The first-order valence-electron chi connectivity index (χ1n) is 2.37. The van der Waals surface area contributed by atoms with Crippen molar-refractivity contribution in [3.8, 4) is 0 Å². The first kappa shape index (κ1) is 10.5. The molecule has 0 aliphatic carbocycles. The summed E-state index contributed by atoms with van der Waals surface area (Å²) in [6, 6.07) is 0. The van der Waals surface area contributed by atoms with E-state index in [9.17, 15) is 31.4 Å². The summed E-state index contributed by atoms with van der Waals surface area (Å²) in [6.45, 7) is -2.55. The lowest BCUT2D eigenvalue weighted by molar-refractivity contribution is -0.279. The van der Waals surface area contributed by atoms with E-state index >= 15 is 0 Å². The summed E-state index contributed by atoms with van der Waals surface area (Å²) in [4.78, 5) is 0. The topological polar surface area (TPSA) is 19.9 Å². The van der Waals surface area contributed by atoms with Crippen LogP contribution in [-0.2, 0) is 5.11 Å². The summed E-state index contributed by atoms with van der Waals surface area (Å²) in [7, 11) is 0. The molecule has 0 saturated carbocycles. The first-order valence-corrected chi connectivity index (χ1v) is 2.37. The van der Waals surface area contributed by atoms with Gasteiger partial charge in [0, 0.05) is 0 Å². The fourth-order valence-electron chi connectivity index (χ4n) is 0.256. The van der Waals surface area contributed by atoms with E-state index in [1.807, 2.05) is 0 Å². The predicted molar refractivity (Wildman–Crippen MR) is 21.5 cm³/mol. The molecule has 0 atom stereocenters. The molecule has 0 aromatic carbocycles. The maximum absolute atomic E-state index is 11.6. The third kappa shape index (κ3) is 1.76. The highest BCUT2D eigenvalue weighted by atomic mass is 19.3. The quantitative estimate of drug-likeness (QED) is 0.593. The van der Waals surface area contributed by atoms with Crippen LogP contribution in [0.4, 0.5) is 26.3 Å². The normalized spacial score (nSPS) is 14.2. The van der Waals surface area contributed by atoms with Crippen LogP contribution in [0.5, 0.6) is 0 Å². The molecule has 0 heterocycles. The van der Waals surface area contributed by atoms with Gasteiger partial charge in [-0.1, -0.05) is 0 Å². The molecular weight excluding hydrogens is 178 g/mol. The van der Waals surface area contributed by atoms with E-state index in [4.69, 9.17) is 0 Å². The van der Waals surface area contributed by atoms with Gasteiger partial charge in [-0.15, -0.1) is 0 Å². The fraction of sp³-hybridized carbons (Fsp3) is 1.00. The standard InChI is InChI=1S/C4H3F6O/c5-2(6)4(9,10)3(7,8)1-11/h2H,1H2. The van der Waals surface area contributed by atoms with Crippen LogP contribution >= 0.6 is 0 Å². The molecule has 0 rings (SSSR count). The number of alkyl halides is 6. The molecule has 1 radical (unpaired) electrons. The SMILES string of the molecule is [O]CC(F)(F)C(F)(F)C(F)F. The Morgan fingerprint density at radius 2 is 1.45 bits per heavy atom. The molecule has 0 aromatic rings. The lowest BCUT2D eigenvalue weighted by atomic mass is 10.2. The van der Waals surface area contributed by atoms with E-state index in [-0.39, 0.29) is 0 Å². The summed E-state index contributed by atoms with van der Waals surface area (Å²) in [5.74, 6) is -10.7. The molecule has 0 N–H and O–H groups in total. The zero-order chi connectivity index (χ0) is 9.28. The highest BCUT2D eigenvalue weighted by Gasteiger charge is 2.62. The Kier molecular flexibility index (Phi) is 2.76. The molecule has 0 aliphatic rings. The third-order valence-electron chi connectivity index (χ3n) is 0.943. The van der Waals surface area contributed by atoms with Crippen LogP contribution in [0.25, 0.3) is 0 Å². The number of hydrogen-bond acceptors (Lipinski definition) is 0. The van der Waals surface area contributed by atoms with Crippen molar-refractivity contribution in [1.29, 1.82) is 0 Å². The lowest BCUT2D eigenvalue weighted by Gasteiger charge is -2.22. The maximum Gasteiger partial charge on any atom is 0.371 e. The van der Waals surface area contributed by atoms with E-state index in [2.05, 4.69) is 0 Å². The second-order valence-electron chi connectivity index (χ2n) is 1.77. The molecule has 67 valence electrons. The van der Waals surface area contributed by atoms with E-state index in [1.165, 1.54) is 0 Å². The van der Waals surface area contributed by atoms with Crippen molar-refractivity contribution < 1.29 is 31.4 Å². The second-order valence-corrected chi connectivity index (χ2v) is 1.77. The summed E-state index contributed by atoms with van der Waals surface area (Å²) >= 11 is 0. The Morgan fingerprint density at radius 3 is 1.55 bits per heavy atom. The minimum Gasteiger partial charge on any atom is -0.230 e. The van der Waals surface area contributed by atoms with E-state index in [0.29, 0.717) is 0 Å².